The quantitative estimate of drug-likeness (QED) is 0.0250. The maximum Gasteiger partial charge on any atom is 0.503 e. The molecule has 0 aliphatic carbocycles. The van der Waals surface area contributed by atoms with Gasteiger partial charge in [0.1, 0.15) is 53.7 Å². The standard InChI is InChI=1S/C57H90N10O30.CH2O3/c1-2-3-30(60-51(85)42-10-45(66-57(91)48(42)82)54(88)63-33(28-96-38(20-76)21-77)29-97-39(22-78)23-79)11-67(6-4-58-49(83)40-8-43(64-55(89)46(40)80)52(86)61-31(24-92-34(12-68)13-69)25-93-35(14-70)15-71)7-5-59-50(84)41-9-44(65-56(90)47(41)81)53(87)62-32(26-94-36(16-72)17-73)27-95-37(18-74)19-75;2-1(3)4/h8-10,30-39,68-82H,2-7,11-29H2,1H3,(H,58,83)(H,59,84)(H,60,85)(H,61,86)(H,62,87)(H,63,88)(H,64,89)(H,65,90)(H,66,91);(H2,2,3,4). The van der Waals surface area contributed by atoms with Crippen molar-refractivity contribution in [3.05, 3.63) is 83.0 Å². The minimum atomic E-state index is -1.83. The predicted molar refractivity (Wildman–Crippen MR) is 341 cm³/mol. The molecule has 6 amide bonds. The highest BCUT2D eigenvalue weighted by Gasteiger charge is 2.29. The first kappa shape index (κ1) is 88.7. The molecule has 1 unspecified atom stereocenters. The molecule has 26 N–H and O–H groups in total. The number of nitrogens with zero attached hydrogens (tertiary/aromatic N) is 1. The van der Waals surface area contributed by atoms with Gasteiger partial charge in [-0.15, -0.1) is 0 Å². The summed E-state index contributed by atoms with van der Waals surface area (Å²) in [7, 11) is 0. The van der Waals surface area contributed by atoms with E-state index in [9.17, 15) is 120 Å². The van der Waals surface area contributed by atoms with Gasteiger partial charge in [-0.1, -0.05) is 13.3 Å². The third-order valence-electron chi connectivity index (χ3n) is 14.0. The number of carbonyl (C=O) groups excluding carboxylic acids is 6. The Balaban J connectivity index is 0.00000843. The van der Waals surface area contributed by atoms with Gasteiger partial charge in [-0.3, -0.25) is 48.1 Å². The van der Waals surface area contributed by atoms with Crippen LogP contribution in [-0.2, 0) is 28.4 Å². The molecule has 0 radical (unpaired) electrons. The molecule has 43 nitrogen and oxygen atoms in total. The second kappa shape index (κ2) is 48.4. The van der Waals surface area contributed by atoms with E-state index >= 15 is 0 Å². The number of carboxylic acid groups (broad SMARTS) is 2. The number of nitrogens with one attached hydrogen (secondary N) is 9. The van der Waals surface area contributed by atoms with Gasteiger partial charge in [0, 0.05) is 38.8 Å². The number of hydrogen-bond donors (Lipinski definition) is 26. The number of amides is 6. The third kappa shape index (κ3) is 31.6. The predicted octanol–water partition coefficient (Wildman–Crippen LogP) is -10.3. The van der Waals surface area contributed by atoms with Gasteiger partial charge in [-0.05, 0) is 24.6 Å². The largest absolute Gasteiger partial charge is 0.503 e. The van der Waals surface area contributed by atoms with Gasteiger partial charge < -0.3 is 162 Å². The normalized spacial score (nSPS) is 11.9. The van der Waals surface area contributed by atoms with Crippen LogP contribution < -0.4 is 48.6 Å². The summed E-state index contributed by atoms with van der Waals surface area (Å²) >= 11 is 0. The van der Waals surface area contributed by atoms with Crippen molar-refractivity contribution in [2.24, 2.45) is 0 Å². The highest BCUT2D eigenvalue weighted by atomic mass is 16.6. The van der Waals surface area contributed by atoms with Crippen molar-refractivity contribution in [2.45, 2.75) is 80.6 Å². The van der Waals surface area contributed by atoms with E-state index in [1.165, 1.54) is 4.90 Å². The van der Waals surface area contributed by atoms with Crippen LogP contribution in [0.3, 0.4) is 0 Å². The lowest BCUT2D eigenvalue weighted by atomic mass is 10.1. The SMILES string of the molecule is CCCC(CN(CCNC(=O)c1cc(C(=O)NC(COC(CO)CO)COC(CO)CO)[nH]c(=O)c1O)CCNC(=O)c1cc(C(=O)NC(COC(CO)CO)COC(CO)CO)[nH]c(=O)c1O)NC(=O)c1cc(C(=O)NC(COC(CO)CO)COC(CO)CO)[nH]c(=O)c1O.O=C(O)O. The van der Waals surface area contributed by atoms with Crippen molar-refractivity contribution in [1.29, 1.82) is 0 Å². The Kier molecular flexibility index (Phi) is 42.5. The Morgan fingerprint density at radius 2 is 0.614 bits per heavy atom. The maximum atomic E-state index is 14.1. The van der Waals surface area contributed by atoms with Gasteiger partial charge in [0.25, 0.3) is 52.1 Å². The number of hydrogen-bond acceptors (Lipinski definition) is 32. The first-order valence-corrected chi connectivity index (χ1v) is 31.0. The Hall–Kier alpha value is -8.42. The van der Waals surface area contributed by atoms with Crippen LogP contribution in [0.4, 0.5) is 4.79 Å². The minimum absolute atomic E-state index is 0.125. The number of aliphatic hydroxyl groups is 12. The lowest BCUT2D eigenvalue weighted by Crippen LogP contribution is -2.48. The van der Waals surface area contributed by atoms with Crippen molar-refractivity contribution >= 4 is 41.6 Å². The van der Waals surface area contributed by atoms with Crippen LogP contribution in [0, 0.1) is 0 Å². The fourth-order valence-corrected chi connectivity index (χ4v) is 8.49. The number of rotatable bonds is 50. The van der Waals surface area contributed by atoms with E-state index in [4.69, 9.17) is 43.4 Å². The number of H-pyrrole nitrogens is 3. The second-order valence-corrected chi connectivity index (χ2v) is 21.8. The molecule has 3 aromatic rings. The van der Waals surface area contributed by atoms with Crippen LogP contribution in [0.15, 0.2) is 32.6 Å². The number of aromatic nitrogens is 3. The average molecular weight is 1460 g/mol. The summed E-state index contributed by atoms with van der Waals surface area (Å²) in [6, 6.07) is -1.96. The molecule has 1 atom stereocenters. The minimum Gasteiger partial charge on any atom is -0.502 e. The molecule has 3 rings (SSSR count). The van der Waals surface area contributed by atoms with E-state index < -0.39 is 302 Å². The van der Waals surface area contributed by atoms with E-state index in [1.807, 2.05) is 0 Å². The molecule has 0 aliphatic rings. The number of aromatic amines is 3. The first-order chi connectivity index (χ1) is 48.2. The summed E-state index contributed by atoms with van der Waals surface area (Å²) in [4.78, 5) is 138. The van der Waals surface area contributed by atoms with Crippen LogP contribution in [0.2, 0.25) is 0 Å². The Bertz CT molecular complexity index is 3010. The summed E-state index contributed by atoms with van der Waals surface area (Å²) in [5.74, 6) is -10.1. The van der Waals surface area contributed by atoms with Gasteiger partial charge in [-0.2, -0.15) is 0 Å². The average Bonchev–Trinajstić information content (AvgIpc) is 0.830. The van der Waals surface area contributed by atoms with Gasteiger partial charge in [0.15, 0.2) is 17.2 Å². The zero-order chi connectivity index (χ0) is 75.7. The van der Waals surface area contributed by atoms with Crippen LogP contribution in [0.25, 0.3) is 0 Å². The molecule has 0 aromatic carbocycles. The van der Waals surface area contributed by atoms with Crippen molar-refractivity contribution in [2.75, 3.05) is 152 Å². The highest BCUT2D eigenvalue weighted by Crippen LogP contribution is 2.17. The van der Waals surface area contributed by atoms with Crippen LogP contribution in [0.1, 0.15) is 82.3 Å². The molecular weight excluding hydrogens is 1360 g/mol. The highest BCUT2D eigenvalue weighted by molar-refractivity contribution is 6.02. The lowest BCUT2D eigenvalue weighted by molar-refractivity contribution is -0.0582. The van der Waals surface area contributed by atoms with E-state index in [-0.39, 0.29) is 26.1 Å². The van der Waals surface area contributed by atoms with Gasteiger partial charge in [0.05, 0.1) is 154 Å². The summed E-state index contributed by atoms with van der Waals surface area (Å²) in [5, 5.41) is 175. The van der Waals surface area contributed by atoms with E-state index in [1.54, 1.807) is 6.92 Å². The van der Waals surface area contributed by atoms with Gasteiger partial charge in [0.2, 0.25) is 0 Å². The van der Waals surface area contributed by atoms with Crippen molar-refractivity contribution in [1.82, 2.24) is 51.8 Å². The van der Waals surface area contributed by atoms with Crippen LogP contribution in [-0.4, -0.2) is 361 Å². The second-order valence-electron chi connectivity index (χ2n) is 21.8. The number of ether oxygens (including phenoxy) is 6. The zero-order valence-electron chi connectivity index (χ0n) is 54.8. The van der Waals surface area contributed by atoms with E-state index in [0.29, 0.717) is 6.42 Å². The fourth-order valence-electron chi connectivity index (χ4n) is 8.49. The molecule has 572 valence electrons. The monoisotopic (exact) mass is 1460 g/mol. The molecule has 0 saturated carbocycles. The van der Waals surface area contributed by atoms with Crippen LogP contribution in [0.5, 0.6) is 17.2 Å². The van der Waals surface area contributed by atoms with Crippen molar-refractivity contribution in [3.8, 4) is 17.2 Å². The van der Waals surface area contributed by atoms with Crippen molar-refractivity contribution < 1.29 is 149 Å². The number of aromatic hydroxyl groups is 3. The van der Waals surface area contributed by atoms with Gasteiger partial charge in [-0.25, -0.2) is 4.79 Å². The Morgan fingerprint density at radius 3 is 0.842 bits per heavy atom. The molecule has 3 aromatic heterocycles. The number of aliphatic hydroxyl groups excluding tert-OH is 12. The Labute approximate surface area is 573 Å². The summed E-state index contributed by atoms with van der Waals surface area (Å²) in [6.45, 7) is -9.98. The lowest BCUT2D eigenvalue weighted by Gasteiger charge is -2.28. The summed E-state index contributed by atoms with van der Waals surface area (Å²) < 4.78 is 32.4. The summed E-state index contributed by atoms with van der Waals surface area (Å²) in [5.41, 5.74) is -7.89. The topological polar surface area (TPSA) is 693 Å². The maximum absolute atomic E-state index is 14.1. The molecule has 0 spiro atoms. The Morgan fingerprint density at radius 1 is 0.386 bits per heavy atom. The van der Waals surface area contributed by atoms with E-state index in [0.717, 1.165) is 18.2 Å². The molecule has 0 fully saturated rings. The molecule has 43 heteroatoms. The van der Waals surface area contributed by atoms with E-state index in [2.05, 4.69) is 46.9 Å². The first-order valence-electron chi connectivity index (χ1n) is 31.0. The third-order valence-corrected chi connectivity index (χ3v) is 14.0. The molecule has 0 saturated heterocycles. The fraction of sp³-hybridized carbons (Fsp3) is 0.621. The van der Waals surface area contributed by atoms with Crippen molar-refractivity contribution in [3.63, 3.8) is 0 Å². The molecular formula is C58H92N10O33. The molecule has 101 heavy (non-hydrogen) atoms. The number of pyridine rings is 3. The smallest absolute Gasteiger partial charge is 0.502 e. The summed E-state index contributed by atoms with van der Waals surface area (Å²) in [6.07, 6.45) is -8.02. The number of carbonyl (C=O) groups is 7. The molecule has 3 heterocycles. The molecule has 0 bridgehead atoms. The molecule has 0 aliphatic heterocycles. The zero-order valence-corrected chi connectivity index (χ0v) is 54.8. The van der Waals surface area contributed by atoms with Crippen LogP contribution >= 0.6 is 0 Å². The van der Waals surface area contributed by atoms with Gasteiger partial charge >= 0.3 is 6.16 Å².